The van der Waals surface area contributed by atoms with Crippen LogP contribution in [0.3, 0.4) is 0 Å². The van der Waals surface area contributed by atoms with Crippen LogP contribution in [0.1, 0.15) is 6.42 Å². The number of amides is 1. The lowest BCUT2D eigenvalue weighted by Crippen LogP contribution is -2.33. The Labute approximate surface area is 170 Å². The summed E-state index contributed by atoms with van der Waals surface area (Å²) in [5.41, 5.74) is 1.49. The normalized spacial score (nSPS) is 10.6. The minimum Gasteiger partial charge on any atom is -0.495 e. The fourth-order valence-electron chi connectivity index (χ4n) is 2.54. The molecule has 0 N–H and O–H groups in total. The van der Waals surface area contributed by atoms with Crippen molar-refractivity contribution in [2.75, 3.05) is 24.3 Å². The quantitative estimate of drug-likeness (QED) is 0.506. The first-order valence-corrected chi connectivity index (χ1v) is 10.3. The molecule has 0 spiro atoms. The Morgan fingerprint density at radius 3 is 2.96 bits per heavy atom. The van der Waals surface area contributed by atoms with E-state index in [1.165, 1.54) is 23.1 Å². The molecule has 0 unspecified atom stereocenters. The van der Waals surface area contributed by atoms with Crippen LogP contribution in [0.5, 0.6) is 5.75 Å². The van der Waals surface area contributed by atoms with Gasteiger partial charge in [-0.2, -0.15) is 5.26 Å². The molecular formula is C19H16ClN3O2S2. The molecule has 0 saturated heterocycles. The lowest BCUT2D eigenvalue weighted by molar-refractivity contribution is -0.116. The van der Waals surface area contributed by atoms with E-state index in [0.29, 0.717) is 23.0 Å². The summed E-state index contributed by atoms with van der Waals surface area (Å²) in [7, 11) is 1.56. The van der Waals surface area contributed by atoms with Crippen LogP contribution in [0.4, 0.5) is 5.69 Å². The van der Waals surface area contributed by atoms with Crippen LogP contribution in [-0.2, 0) is 4.79 Å². The van der Waals surface area contributed by atoms with Gasteiger partial charge in [0.15, 0.2) is 4.34 Å². The Kier molecular flexibility index (Phi) is 6.56. The molecule has 2 aromatic carbocycles. The van der Waals surface area contributed by atoms with Crippen molar-refractivity contribution in [1.82, 2.24) is 4.98 Å². The summed E-state index contributed by atoms with van der Waals surface area (Å²) in [5.74, 6) is 0.720. The highest BCUT2D eigenvalue weighted by Crippen LogP contribution is 2.32. The summed E-state index contributed by atoms with van der Waals surface area (Å²) in [4.78, 5) is 19.0. The van der Waals surface area contributed by atoms with Crippen LogP contribution < -0.4 is 9.64 Å². The van der Waals surface area contributed by atoms with Crippen LogP contribution in [0.25, 0.3) is 10.2 Å². The van der Waals surface area contributed by atoms with E-state index < -0.39 is 0 Å². The number of halogens is 1. The van der Waals surface area contributed by atoms with Gasteiger partial charge in [0.2, 0.25) is 5.91 Å². The van der Waals surface area contributed by atoms with Gasteiger partial charge in [0, 0.05) is 11.6 Å². The van der Waals surface area contributed by atoms with Gasteiger partial charge in [-0.15, -0.1) is 11.3 Å². The van der Waals surface area contributed by atoms with Gasteiger partial charge in [-0.1, -0.05) is 35.5 Å². The van der Waals surface area contributed by atoms with Crippen LogP contribution >= 0.6 is 34.7 Å². The zero-order valence-electron chi connectivity index (χ0n) is 14.5. The number of aromatic nitrogens is 1. The molecule has 0 bridgehead atoms. The number of hydrogen-bond acceptors (Lipinski definition) is 6. The molecule has 5 nitrogen and oxygen atoms in total. The lowest BCUT2D eigenvalue weighted by Gasteiger charge is -2.23. The molecule has 1 amide bonds. The molecule has 3 rings (SSSR count). The Hall–Kier alpha value is -2.27. The van der Waals surface area contributed by atoms with Crippen LogP contribution in [0.15, 0.2) is 46.8 Å². The molecule has 138 valence electrons. The zero-order chi connectivity index (χ0) is 19.2. The molecule has 0 aliphatic carbocycles. The van der Waals surface area contributed by atoms with Crippen molar-refractivity contribution in [2.45, 2.75) is 10.8 Å². The number of benzene rings is 2. The van der Waals surface area contributed by atoms with Gasteiger partial charge in [-0.05, 0) is 30.3 Å². The van der Waals surface area contributed by atoms with Gasteiger partial charge < -0.3 is 9.64 Å². The highest BCUT2D eigenvalue weighted by molar-refractivity contribution is 8.01. The Morgan fingerprint density at radius 1 is 1.37 bits per heavy atom. The maximum absolute atomic E-state index is 12.9. The number of thiazole rings is 1. The molecule has 3 aromatic rings. The summed E-state index contributed by atoms with van der Waals surface area (Å²) in [6.45, 7) is 0.311. The third-order valence-corrected chi connectivity index (χ3v) is 6.17. The number of carbonyl (C=O) groups is 1. The molecular weight excluding hydrogens is 402 g/mol. The number of fused-ring (bicyclic) bond motifs is 1. The first-order valence-electron chi connectivity index (χ1n) is 8.11. The van der Waals surface area contributed by atoms with E-state index in [-0.39, 0.29) is 18.1 Å². The highest BCUT2D eigenvalue weighted by Gasteiger charge is 2.20. The number of ether oxygens (including phenoxy) is 1. The van der Waals surface area contributed by atoms with Crippen molar-refractivity contribution in [3.05, 3.63) is 47.5 Å². The Bertz CT molecular complexity index is 1000. The number of para-hydroxylation sites is 2. The van der Waals surface area contributed by atoms with Gasteiger partial charge >= 0.3 is 0 Å². The summed E-state index contributed by atoms with van der Waals surface area (Å²) in [6, 6.07) is 15.0. The maximum Gasteiger partial charge on any atom is 0.237 e. The Balaban J connectivity index is 1.76. The average molecular weight is 418 g/mol. The highest BCUT2D eigenvalue weighted by atomic mass is 35.5. The van der Waals surface area contributed by atoms with Crippen molar-refractivity contribution < 1.29 is 9.53 Å². The number of nitrogens with zero attached hydrogens (tertiary/aromatic N) is 3. The second-order valence-corrected chi connectivity index (χ2v) is 8.20. The van der Waals surface area contributed by atoms with Gasteiger partial charge in [-0.3, -0.25) is 4.79 Å². The largest absolute Gasteiger partial charge is 0.495 e. The summed E-state index contributed by atoms with van der Waals surface area (Å²) in [5, 5.41) is 9.58. The number of nitriles is 1. The number of methoxy groups -OCH3 is 1. The van der Waals surface area contributed by atoms with Crippen molar-refractivity contribution >= 4 is 56.5 Å². The fourth-order valence-corrected chi connectivity index (χ4v) is 4.63. The third kappa shape index (κ3) is 4.72. The van der Waals surface area contributed by atoms with Gasteiger partial charge in [0.05, 0.1) is 41.3 Å². The van der Waals surface area contributed by atoms with E-state index in [1.54, 1.807) is 18.1 Å². The number of hydrogen-bond donors (Lipinski definition) is 0. The molecule has 0 aliphatic heterocycles. The fraction of sp³-hybridized carbons (Fsp3) is 0.211. The molecule has 0 aliphatic rings. The van der Waals surface area contributed by atoms with Gasteiger partial charge in [-0.25, -0.2) is 4.98 Å². The average Bonchev–Trinajstić information content (AvgIpc) is 3.09. The molecule has 8 heteroatoms. The smallest absolute Gasteiger partial charge is 0.237 e. The maximum atomic E-state index is 12.9. The van der Waals surface area contributed by atoms with Crippen LogP contribution in [0.2, 0.25) is 5.02 Å². The van der Waals surface area contributed by atoms with E-state index >= 15 is 0 Å². The summed E-state index contributed by atoms with van der Waals surface area (Å²) in [6.07, 6.45) is 0.244. The van der Waals surface area contributed by atoms with E-state index in [2.05, 4.69) is 11.1 Å². The molecule has 0 atom stereocenters. The summed E-state index contributed by atoms with van der Waals surface area (Å²) >= 11 is 8.91. The number of anilines is 1. The van der Waals surface area contributed by atoms with E-state index in [1.807, 2.05) is 36.4 Å². The predicted octanol–water partition coefficient (Wildman–Crippen LogP) is 5.00. The van der Waals surface area contributed by atoms with Crippen molar-refractivity contribution in [1.29, 1.82) is 5.26 Å². The molecule has 1 aromatic heterocycles. The minimum atomic E-state index is -0.1000. The van der Waals surface area contributed by atoms with Crippen LogP contribution in [0, 0.1) is 11.3 Å². The number of thioether (sulfide) groups is 1. The second kappa shape index (κ2) is 9.09. The first-order chi connectivity index (χ1) is 13.1. The third-order valence-electron chi connectivity index (χ3n) is 3.77. The zero-order valence-corrected chi connectivity index (χ0v) is 16.9. The number of rotatable bonds is 7. The standard InChI is InChI=1S/C19H16ClN3O2S2/c1-25-16-6-3-2-5-15(16)23(10-4-9-21)18(24)12-26-19-22-14-11-13(20)7-8-17(14)27-19/h2-3,5-8,11H,4,10,12H2,1H3. The predicted molar refractivity (Wildman–Crippen MR) is 111 cm³/mol. The second-order valence-electron chi connectivity index (χ2n) is 5.51. The number of carbonyl (C=O) groups excluding carboxylic acids is 1. The topological polar surface area (TPSA) is 66.2 Å². The Morgan fingerprint density at radius 2 is 2.19 bits per heavy atom. The summed E-state index contributed by atoms with van der Waals surface area (Å²) < 4.78 is 7.20. The van der Waals surface area contributed by atoms with E-state index in [4.69, 9.17) is 21.6 Å². The van der Waals surface area contributed by atoms with E-state index in [9.17, 15) is 4.79 Å². The van der Waals surface area contributed by atoms with Crippen LogP contribution in [-0.4, -0.2) is 30.3 Å². The van der Waals surface area contributed by atoms with E-state index in [0.717, 1.165) is 14.6 Å². The monoisotopic (exact) mass is 417 g/mol. The molecule has 0 saturated carbocycles. The van der Waals surface area contributed by atoms with Gasteiger partial charge in [0.25, 0.3) is 0 Å². The molecule has 27 heavy (non-hydrogen) atoms. The SMILES string of the molecule is COc1ccccc1N(CCC#N)C(=O)CSc1nc2cc(Cl)ccc2s1. The van der Waals surface area contributed by atoms with Crippen molar-refractivity contribution in [2.24, 2.45) is 0 Å². The van der Waals surface area contributed by atoms with Crippen molar-refractivity contribution in [3.63, 3.8) is 0 Å². The lowest BCUT2D eigenvalue weighted by atomic mass is 10.2. The minimum absolute atomic E-state index is 0.1000. The van der Waals surface area contributed by atoms with Crippen molar-refractivity contribution in [3.8, 4) is 11.8 Å². The van der Waals surface area contributed by atoms with Gasteiger partial charge in [0.1, 0.15) is 5.75 Å². The molecule has 0 radical (unpaired) electrons. The first kappa shape index (κ1) is 19.5. The molecule has 1 heterocycles. The molecule has 0 fully saturated rings.